The molecule has 0 radical (unpaired) electrons. The van der Waals surface area contributed by atoms with E-state index < -0.39 is 0 Å². The molecular formula is C18H28N2O2. The van der Waals surface area contributed by atoms with E-state index in [2.05, 4.69) is 24.4 Å². The average molecular weight is 304 g/mol. The normalized spacial score (nSPS) is 21.5. The number of methoxy groups -OCH3 is 1. The lowest BCUT2D eigenvalue weighted by Crippen LogP contribution is -2.42. The van der Waals surface area contributed by atoms with Gasteiger partial charge in [-0.1, -0.05) is 12.1 Å². The molecule has 1 aromatic rings. The van der Waals surface area contributed by atoms with Gasteiger partial charge in [0.05, 0.1) is 7.11 Å². The van der Waals surface area contributed by atoms with Gasteiger partial charge in [0.15, 0.2) is 0 Å². The average Bonchev–Trinajstić information content (AvgIpc) is 2.46. The molecule has 1 fully saturated rings. The summed E-state index contributed by atoms with van der Waals surface area (Å²) in [4.78, 5) is 14.5. The number of nitrogens with zero attached hydrogens (tertiary/aromatic N) is 1. The fraction of sp³-hybridized carbons (Fsp3) is 0.611. The van der Waals surface area contributed by atoms with Crippen LogP contribution in [0.25, 0.3) is 0 Å². The lowest BCUT2D eigenvalue weighted by atomic mass is 9.92. The van der Waals surface area contributed by atoms with Crippen molar-refractivity contribution in [1.29, 1.82) is 0 Å². The first-order chi connectivity index (χ1) is 10.4. The highest BCUT2D eigenvalue weighted by Gasteiger charge is 2.27. The summed E-state index contributed by atoms with van der Waals surface area (Å²) in [6.07, 6.45) is 1.87. The number of amides is 1. The molecule has 1 heterocycles. The van der Waals surface area contributed by atoms with Crippen molar-refractivity contribution >= 4 is 5.91 Å². The second kappa shape index (κ2) is 7.14. The second-order valence-electron chi connectivity index (χ2n) is 6.53. The van der Waals surface area contributed by atoms with E-state index in [1.54, 1.807) is 7.11 Å². The number of nitrogens with one attached hydrogen (secondary N) is 1. The van der Waals surface area contributed by atoms with Crippen molar-refractivity contribution in [3.63, 3.8) is 0 Å². The fourth-order valence-corrected chi connectivity index (χ4v) is 3.47. The van der Waals surface area contributed by atoms with Crippen LogP contribution >= 0.6 is 0 Å². The van der Waals surface area contributed by atoms with Gasteiger partial charge in [0.2, 0.25) is 5.91 Å². The number of carbonyl (C=O) groups is 1. The van der Waals surface area contributed by atoms with Crippen LogP contribution in [0.3, 0.4) is 0 Å². The Bertz CT molecular complexity index is 519. The van der Waals surface area contributed by atoms with Crippen LogP contribution in [0, 0.1) is 19.8 Å². The Morgan fingerprint density at radius 1 is 1.36 bits per heavy atom. The molecule has 2 atom stereocenters. The maximum atomic E-state index is 12.6. The van der Waals surface area contributed by atoms with Gasteiger partial charge in [0, 0.05) is 25.6 Å². The number of rotatable bonds is 4. The molecule has 1 aromatic carbocycles. The Morgan fingerprint density at radius 2 is 2.00 bits per heavy atom. The monoisotopic (exact) mass is 304 g/mol. The lowest BCUT2D eigenvalue weighted by molar-refractivity contribution is -0.135. The van der Waals surface area contributed by atoms with Gasteiger partial charge in [-0.3, -0.25) is 4.79 Å². The third kappa shape index (κ3) is 3.80. The van der Waals surface area contributed by atoms with Crippen LogP contribution in [0.1, 0.15) is 36.5 Å². The summed E-state index contributed by atoms with van der Waals surface area (Å²) in [5.74, 6) is 1.35. The van der Waals surface area contributed by atoms with Gasteiger partial charge < -0.3 is 15.0 Å². The van der Waals surface area contributed by atoms with Crippen molar-refractivity contribution < 1.29 is 9.53 Å². The van der Waals surface area contributed by atoms with Gasteiger partial charge in [-0.15, -0.1) is 0 Å². The van der Waals surface area contributed by atoms with E-state index in [-0.39, 0.29) is 11.8 Å². The Kier molecular flexibility index (Phi) is 5.46. The molecule has 122 valence electrons. The molecule has 1 amide bonds. The first kappa shape index (κ1) is 16.8. The molecule has 1 aliphatic rings. The molecule has 1 saturated heterocycles. The Hall–Kier alpha value is -1.55. The SMILES string of the molecule is COc1c(C)cc(CN(C)C(=O)[C@H]2CCN[C@@H](C)C2)cc1C. The van der Waals surface area contributed by atoms with Crippen LogP contribution in [0.15, 0.2) is 12.1 Å². The van der Waals surface area contributed by atoms with Crippen molar-refractivity contribution in [3.8, 4) is 5.75 Å². The van der Waals surface area contributed by atoms with E-state index in [1.165, 1.54) is 0 Å². The van der Waals surface area contributed by atoms with Crippen LogP contribution in [0.2, 0.25) is 0 Å². The molecule has 0 aromatic heterocycles. The number of ether oxygens (including phenoxy) is 1. The van der Waals surface area contributed by atoms with Crippen molar-refractivity contribution in [3.05, 3.63) is 28.8 Å². The zero-order valence-electron chi connectivity index (χ0n) is 14.4. The highest BCUT2D eigenvalue weighted by molar-refractivity contribution is 5.78. The standard InChI is InChI=1S/C18H28N2O2/c1-12-8-15(9-13(2)17(12)22-5)11-20(4)18(21)16-6-7-19-14(3)10-16/h8-9,14,16,19H,6-7,10-11H2,1-5H3/t14-,16-/m0/s1. The third-order valence-corrected chi connectivity index (χ3v) is 4.49. The minimum atomic E-state index is 0.154. The number of carbonyl (C=O) groups excluding carboxylic acids is 1. The lowest BCUT2D eigenvalue weighted by Gasteiger charge is -2.30. The number of hydrogen-bond donors (Lipinski definition) is 1. The van der Waals surface area contributed by atoms with Gasteiger partial charge >= 0.3 is 0 Å². The predicted octanol–water partition coefficient (Wildman–Crippen LogP) is 2.66. The Labute approximate surface area is 133 Å². The summed E-state index contributed by atoms with van der Waals surface area (Å²) in [5, 5.41) is 3.40. The Morgan fingerprint density at radius 3 is 2.55 bits per heavy atom. The second-order valence-corrected chi connectivity index (χ2v) is 6.53. The van der Waals surface area contributed by atoms with Crippen molar-refractivity contribution in [1.82, 2.24) is 10.2 Å². The van der Waals surface area contributed by atoms with Crippen molar-refractivity contribution in [2.45, 2.75) is 46.2 Å². The summed E-state index contributed by atoms with van der Waals surface area (Å²) in [6, 6.07) is 4.66. The molecule has 0 aliphatic carbocycles. The van der Waals surface area contributed by atoms with Crippen LogP contribution < -0.4 is 10.1 Å². The van der Waals surface area contributed by atoms with Crippen LogP contribution in [-0.2, 0) is 11.3 Å². The summed E-state index contributed by atoms with van der Waals surface area (Å²) in [5.41, 5.74) is 3.40. The smallest absolute Gasteiger partial charge is 0.225 e. The minimum absolute atomic E-state index is 0.154. The molecule has 2 rings (SSSR count). The zero-order chi connectivity index (χ0) is 16.3. The number of benzene rings is 1. The first-order valence-electron chi connectivity index (χ1n) is 8.04. The minimum Gasteiger partial charge on any atom is -0.496 e. The molecule has 1 N–H and O–H groups in total. The molecule has 0 spiro atoms. The topological polar surface area (TPSA) is 41.6 Å². The van der Waals surface area contributed by atoms with Crippen LogP contribution in [0.5, 0.6) is 5.75 Å². The molecule has 4 heteroatoms. The Balaban J connectivity index is 2.05. The molecule has 22 heavy (non-hydrogen) atoms. The first-order valence-corrected chi connectivity index (χ1v) is 8.04. The predicted molar refractivity (Wildman–Crippen MR) is 89.1 cm³/mol. The third-order valence-electron chi connectivity index (χ3n) is 4.49. The molecule has 0 saturated carbocycles. The van der Waals surface area contributed by atoms with E-state index in [9.17, 15) is 4.79 Å². The highest BCUT2D eigenvalue weighted by Crippen LogP contribution is 2.25. The number of aryl methyl sites for hydroxylation is 2. The van der Waals surface area contributed by atoms with Gasteiger partial charge in [-0.25, -0.2) is 0 Å². The van der Waals surface area contributed by atoms with E-state index >= 15 is 0 Å². The van der Waals surface area contributed by atoms with Gasteiger partial charge in [-0.2, -0.15) is 0 Å². The summed E-state index contributed by atoms with van der Waals surface area (Å²) >= 11 is 0. The van der Waals surface area contributed by atoms with Crippen LogP contribution in [0.4, 0.5) is 0 Å². The fourth-order valence-electron chi connectivity index (χ4n) is 3.47. The van der Waals surface area contributed by atoms with E-state index in [0.717, 1.165) is 41.8 Å². The molecule has 0 unspecified atom stereocenters. The maximum absolute atomic E-state index is 12.6. The van der Waals surface area contributed by atoms with E-state index in [4.69, 9.17) is 4.74 Å². The van der Waals surface area contributed by atoms with Crippen molar-refractivity contribution in [2.75, 3.05) is 20.7 Å². The highest BCUT2D eigenvalue weighted by atomic mass is 16.5. The van der Waals surface area contributed by atoms with Gasteiger partial charge in [0.1, 0.15) is 5.75 Å². The summed E-state index contributed by atoms with van der Waals surface area (Å²) < 4.78 is 5.40. The maximum Gasteiger partial charge on any atom is 0.225 e. The quantitative estimate of drug-likeness (QED) is 0.930. The molecular weight excluding hydrogens is 276 g/mol. The molecule has 4 nitrogen and oxygen atoms in total. The van der Waals surface area contributed by atoms with Gasteiger partial charge in [-0.05, 0) is 56.8 Å². The van der Waals surface area contributed by atoms with Crippen LogP contribution in [-0.4, -0.2) is 37.6 Å². The summed E-state index contributed by atoms with van der Waals surface area (Å²) in [7, 11) is 3.60. The summed E-state index contributed by atoms with van der Waals surface area (Å²) in [6.45, 7) is 7.84. The zero-order valence-corrected chi connectivity index (χ0v) is 14.4. The van der Waals surface area contributed by atoms with Crippen molar-refractivity contribution in [2.24, 2.45) is 5.92 Å². The molecule has 0 bridgehead atoms. The largest absolute Gasteiger partial charge is 0.496 e. The number of hydrogen-bond acceptors (Lipinski definition) is 3. The van der Waals surface area contributed by atoms with Gasteiger partial charge in [0.25, 0.3) is 0 Å². The van der Waals surface area contributed by atoms with E-state index in [0.29, 0.717) is 12.6 Å². The number of piperidine rings is 1. The van der Waals surface area contributed by atoms with E-state index in [1.807, 2.05) is 25.8 Å². The molecule has 1 aliphatic heterocycles.